The lowest BCUT2D eigenvalue weighted by Crippen LogP contribution is -2.35. The van der Waals surface area contributed by atoms with E-state index in [1.165, 1.54) is 37.7 Å². The summed E-state index contributed by atoms with van der Waals surface area (Å²) < 4.78 is 21.6. The first-order chi connectivity index (χ1) is 17.2. The van der Waals surface area contributed by atoms with Crippen molar-refractivity contribution in [3.63, 3.8) is 0 Å². The highest BCUT2D eigenvalue weighted by atomic mass is 16.7. The summed E-state index contributed by atoms with van der Waals surface area (Å²) in [6.45, 7) is 2.01. The fourth-order valence-electron chi connectivity index (χ4n) is 4.74. The van der Waals surface area contributed by atoms with E-state index in [1.54, 1.807) is 13.2 Å². The van der Waals surface area contributed by atoms with Crippen LogP contribution < -0.4 is 19.5 Å². The molecular formula is C27H31N3O5. The topological polar surface area (TPSA) is 86.1 Å². The summed E-state index contributed by atoms with van der Waals surface area (Å²) in [5, 5.41) is 6.94. The number of nitrogens with zero attached hydrogens (tertiary/aromatic N) is 2. The van der Waals surface area contributed by atoms with Crippen LogP contribution in [-0.4, -0.2) is 35.9 Å². The molecule has 0 saturated heterocycles. The molecule has 184 valence electrons. The van der Waals surface area contributed by atoms with Gasteiger partial charge in [-0.3, -0.25) is 9.69 Å². The largest absolute Gasteiger partial charge is 0.497 e. The van der Waals surface area contributed by atoms with Crippen LogP contribution in [0.25, 0.3) is 0 Å². The Morgan fingerprint density at radius 3 is 2.57 bits per heavy atom. The number of fused-ring (bicyclic) bond motifs is 1. The van der Waals surface area contributed by atoms with Gasteiger partial charge in [0.25, 0.3) is 5.91 Å². The van der Waals surface area contributed by atoms with Gasteiger partial charge in [0, 0.05) is 25.2 Å². The second-order valence-electron chi connectivity index (χ2n) is 9.09. The van der Waals surface area contributed by atoms with Crippen molar-refractivity contribution in [2.75, 3.05) is 13.9 Å². The van der Waals surface area contributed by atoms with E-state index in [-0.39, 0.29) is 18.4 Å². The number of benzene rings is 2. The molecule has 0 unspecified atom stereocenters. The molecule has 2 heterocycles. The van der Waals surface area contributed by atoms with E-state index in [9.17, 15) is 4.79 Å². The number of rotatable bonds is 9. The summed E-state index contributed by atoms with van der Waals surface area (Å²) in [5.74, 6) is 2.69. The van der Waals surface area contributed by atoms with Crippen LogP contribution in [0.1, 0.15) is 59.5 Å². The van der Waals surface area contributed by atoms with E-state index in [0.717, 1.165) is 23.6 Å². The quantitative estimate of drug-likeness (QED) is 0.479. The van der Waals surface area contributed by atoms with Crippen molar-refractivity contribution in [1.29, 1.82) is 0 Å². The van der Waals surface area contributed by atoms with Crippen molar-refractivity contribution in [3.8, 4) is 17.2 Å². The number of hydrogen-bond acceptors (Lipinski definition) is 7. The molecule has 2 aliphatic rings. The minimum atomic E-state index is -0.267. The zero-order chi connectivity index (χ0) is 24.0. The van der Waals surface area contributed by atoms with Gasteiger partial charge >= 0.3 is 0 Å². The first kappa shape index (κ1) is 23.2. The standard InChI is InChI=1S/C27H31N3O5/c1-32-22-10-7-19(8-11-22)16-30(21-5-3-2-4-6-21)17-23-14-24(29-35-23)27(31)28-15-20-9-12-25-26(13-20)34-18-33-25/h7-14,21H,2-6,15-18H2,1H3,(H,28,31). The molecule has 0 radical (unpaired) electrons. The van der Waals surface area contributed by atoms with Gasteiger partial charge in [-0.05, 0) is 48.2 Å². The average Bonchev–Trinajstić information content (AvgIpc) is 3.57. The maximum atomic E-state index is 12.7. The van der Waals surface area contributed by atoms with Crippen molar-refractivity contribution in [2.45, 2.75) is 57.8 Å². The van der Waals surface area contributed by atoms with Crippen LogP contribution in [0.3, 0.4) is 0 Å². The summed E-state index contributed by atoms with van der Waals surface area (Å²) in [4.78, 5) is 15.1. The molecule has 8 heteroatoms. The lowest BCUT2D eigenvalue weighted by molar-refractivity contribution is 0.0941. The van der Waals surface area contributed by atoms with E-state index in [1.807, 2.05) is 30.3 Å². The summed E-state index contributed by atoms with van der Waals surface area (Å²) in [5.41, 5.74) is 2.43. The van der Waals surface area contributed by atoms with Gasteiger partial charge in [0.2, 0.25) is 6.79 Å². The lowest BCUT2D eigenvalue weighted by atomic mass is 9.93. The molecule has 1 aliphatic carbocycles. The molecule has 1 aromatic heterocycles. The number of ether oxygens (including phenoxy) is 3. The molecule has 2 aromatic carbocycles. The Hall–Kier alpha value is -3.52. The molecule has 0 spiro atoms. The maximum absolute atomic E-state index is 12.7. The van der Waals surface area contributed by atoms with Gasteiger partial charge in [0.1, 0.15) is 5.75 Å². The summed E-state index contributed by atoms with van der Waals surface area (Å²) in [6.07, 6.45) is 6.13. The fourth-order valence-corrected chi connectivity index (χ4v) is 4.74. The Labute approximate surface area is 205 Å². The molecule has 0 atom stereocenters. The zero-order valence-corrected chi connectivity index (χ0v) is 20.0. The number of carbonyl (C=O) groups excluding carboxylic acids is 1. The Kier molecular flexibility index (Phi) is 7.18. The second kappa shape index (κ2) is 10.8. The molecule has 1 N–H and O–H groups in total. The van der Waals surface area contributed by atoms with Crippen LogP contribution in [-0.2, 0) is 19.6 Å². The number of methoxy groups -OCH3 is 1. The minimum Gasteiger partial charge on any atom is -0.497 e. The third-order valence-corrected chi connectivity index (χ3v) is 6.68. The molecule has 3 aromatic rings. The molecule has 1 aliphatic heterocycles. The summed E-state index contributed by atoms with van der Waals surface area (Å²) in [7, 11) is 1.68. The van der Waals surface area contributed by atoms with Crippen LogP contribution in [0.2, 0.25) is 0 Å². The van der Waals surface area contributed by atoms with Crippen molar-refractivity contribution >= 4 is 5.91 Å². The van der Waals surface area contributed by atoms with Crippen LogP contribution in [0.4, 0.5) is 0 Å². The van der Waals surface area contributed by atoms with Crippen LogP contribution in [0, 0.1) is 0 Å². The van der Waals surface area contributed by atoms with E-state index in [0.29, 0.717) is 30.6 Å². The van der Waals surface area contributed by atoms with E-state index >= 15 is 0 Å². The lowest BCUT2D eigenvalue weighted by Gasteiger charge is -2.33. The molecule has 5 rings (SSSR count). The number of nitrogens with one attached hydrogen (secondary N) is 1. The maximum Gasteiger partial charge on any atom is 0.273 e. The van der Waals surface area contributed by atoms with Crippen molar-refractivity contribution in [3.05, 3.63) is 71.1 Å². The number of carbonyl (C=O) groups is 1. The summed E-state index contributed by atoms with van der Waals surface area (Å²) in [6, 6.07) is 16.0. The van der Waals surface area contributed by atoms with Crippen LogP contribution >= 0.6 is 0 Å². The first-order valence-electron chi connectivity index (χ1n) is 12.2. The SMILES string of the molecule is COc1ccc(CN(Cc2cc(C(=O)NCc3ccc4c(c3)OCO4)no2)C2CCCCC2)cc1. The number of hydrogen-bond donors (Lipinski definition) is 1. The summed E-state index contributed by atoms with van der Waals surface area (Å²) >= 11 is 0. The third kappa shape index (κ3) is 5.77. The van der Waals surface area contributed by atoms with Crippen molar-refractivity contribution < 1.29 is 23.5 Å². The average molecular weight is 478 g/mol. The van der Waals surface area contributed by atoms with Crippen LogP contribution in [0.5, 0.6) is 17.2 Å². The van der Waals surface area contributed by atoms with Gasteiger partial charge in [-0.1, -0.05) is 42.6 Å². The first-order valence-corrected chi connectivity index (χ1v) is 12.2. The Morgan fingerprint density at radius 1 is 1.00 bits per heavy atom. The third-order valence-electron chi connectivity index (χ3n) is 6.68. The highest BCUT2D eigenvalue weighted by molar-refractivity contribution is 5.92. The Morgan fingerprint density at radius 2 is 1.77 bits per heavy atom. The molecule has 1 amide bonds. The van der Waals surface area contributed by atoms with Gasteiger partial charge in [0.15, 0.2) is 23.0 Å². The van der Waals surface area contributed by atoms with E-state index in [2.05, 4.69) is 27.5 Å². The zero-order valence-electron chi connectivity index (χ0n) is 20.0. The molecule has 1 saturated carbocycles. The normalized spacial score (nSPS) is 15.4. The van der Waals surface area contributed by atoms with Gasteiger partial charge in [-0.25, -0.2) is 0 Å². The Balaban J connectivity index is 1.22. The highest BCUT2D eigenvalue weighted by Gasteiger charge is 2.24. The van der Waals surface area contributed by atoms with Gasteiger partial charge in [-0.2, -0.15) is 0 Å². The van der Waals surface area contributed by atoms with Gasteiger partial charge in [0.05, 0.1) is 13.7 Å². The smallest absolute Gasteiger partial charge is 0.273 e. The van der Waals surface area contributed by atoms with Crippen molar-refractivity contribution in [2.24, 2.45) is 0 Å². The van der Waals surface area contributed by atoms with Gasteiger partial charge < -0.3 is 24.1 Å². The van der Waals surface area contributed by atoms with Crippen LogP contribution in [0.15, 0.2) is 53.1 Å². The van der Waals surface area contributed by atoms with Gasteiger partial charge in [-0.15, -0.1) is 0 Å². The van der Waals surface area contributed by atoms with E-state index < -0.39 is 0 Å². The predicted molar refractivity (Wildman–Crippen MR) is 129 cm³/mol. The molecular weight excluding hydrogens is 446 g/mol. The van der Waals surface area contributed by atoms with E-state index in [4.69, 9.17) is 18.7 Å². The Bertz CT molecular complexity index is 1140. The van der Waals surface area contributed by atoms with Crippen molar-refractivity contribution in [1.82, 2.24) is 15.4 Å². The molecule has 1 fully saturated rings. The molecule has 35 heavy (non-hydrogen) atoms. The molecule has 8 nitrogen and oxygen atoms in total. The number of aromatic nitrogens is 1. The monoisotopic (exact) mass is 477 g/mol. The minimum absolute atomic E-state index is 0.225. The predicted octanol–water partition coefficient (Wildman–Crippen LogP) is 4.68. The second-order valence-corrected chi connectivity index (χ2v) is 9.09. The fraction of sp³-hybridized carbons (Fsp3) is 0.407. The number of amides is 1. The molecule has 0 bridgehead atoms. The highest BCUT2D eigenvalue weighted by Crippen LogP contribution is 2.32.